The quantitative estimate of drug-likeness (QED) is 0.526. The molecule has 0 fully saturated rings. The summed E-state index contributed by atoms with van der Waals surface area (Å²) in [4.78, 5) is 24.0. The van der Waals surface area contributed by atoms with Crippen molar-refractivity contribution in [3.63, 3.8) is 0 Å². The van der Waals surface area contributed by atoms with Crippen LogP contribution in [0.3, 0.4) is 0 Å². The van der Waals surface area contributed by atoms with Gasteiger partial charge in [-0.15, -0.1) is 0 Å². The zero-order valence-electron chi connectivity index (χ0n) is 15.9. The van der Waals surface area contributed by atoms with Crippen LogP contribution in [0.25, 0.3) is 11.2 Å². The number of imidazole rings is 1. The molecule has 3 heterocycles. The average Bonchev–Trinajstić information content (AvgIpc) is 3.08. The van der Waals surface area contributed by atoms with Gasteiger partial charge in [0.25, 0.3) is 0 Å². The van der Waals surface area contributed by atoms with E-state index in [1.807, 2.05) is 0 Å². The molecule has 2 aromatic carbocycles. The van der Waals surface area contributed by atoms with Gasteiger partial charge in [0, 0.05) is 23.7 Å². The highest BCUT2D eigenvalue weighted by Gasteiger charge is 2.29. The Labute approximate surface area is 173 Å². The minimum absolute atomic E-state index is 0.0698. The number of nitrogens with zero attached hydrogens (tertiary/aromatic N) is 4. The molecule has 0 spiro atoms. The second-order valence-electron chi connectivity index (χ2n) is 7.01. The molecule has 5 rings (SSSR count). The highest BCUT2D eigenvalue weighted by atomic mass is 19.1. The Kier molecular flexibility index (Phi) is 4.36. The lowest BCUT2D eigenvalue weighted by Gasteiger charge is -2.27. The Bertz CT molecular complexity index is 1420. The van der Waals surface area contributed by atoms with Gasteiger partial charge in [0.1, 0.15) is 11.3 Å². The van der Waals surface area contributed by atoms with Crippen molar-refractivity contribution in [2.24, 2.45) is 0 Å². The van der Waals surface area contributed by atoms with Gasteiger partial charge in [-0.05, 0) is 24.3 Å². The maximum absolute atomic E-state index is 14.2. The number of aromatic amines is 1. The summed E-state index contributed by atoms with van der Waals surface area (Å²) in [6, 6.07) is 10.1. The molecule has 31 heavy (non-hydrogen) atoms. The molecule has 154 valence electrons. The summed E-state index contributed by atoms with van der Waals surface area (Å²) in [5.74, 6) is -1.44. The first-order chi connectivity index (χ1) is 15.0. The monoisotopic (exact) mass is 420 g/mol. The summed E-state index contributed by atoms with van der Waals surface area (Å²) in [7, 11) is 0. The Hall–Kier alpha value is -4.26. The van der Waals surface area contributed by atoms with E-state index in [-0.39, 0.29) is 29.5 Å². The van der Waals surface area contributed by atoms with Crippen LogP contribution in [0.15, 0.2) is 47.4 Å². The highest BCUT2D eigenvalue weighted by molar-refractivity contribution is 5.72. The number of ether oxygens (including phenoxy) is 1. The number of hydrogen-bond donors (Lipinski definition) is 2. The Balaban J connectivity index is 1.61. The van der Waals surface area contributed by atoms with Crippen molar-refractivity contribution in [3.05, 3.63) is 75.8 Å². The maximum atomic E-state index is 14.2. The van der Waals surface area contributed by atoms with Crippen LogP contribution in [0.2, 0.25) is 0 Å². The molecular weight excluding hydrogens is 406 g/mol. The van der Waals surface area contributed by atoms with Crippen molar-refractivity contribution < 1.29 is 13.5 Å². The molecule has 1 aliphatic heterocycles. The minimum Gasteiger partial charge on any atom is -0.490 e. The summed E-state index contributed by atoms with van der Waals surface area (Å²) in [5.41, 5.74) is 1.49. The molecule has 2 N–H and O–H groups in total. The van der Waals surface area contributed by atoms with E-state index >= 15 is 0 Å². The molecule has 4 aromatic rings. The zero-order valence-corrected chi connectivity index (χ0v) is 15.9. The number of hydrogen-bond acceptors (Lipinski definition) is 6. The van der Waals surface area contributed by atoms with Crippen molar-refractivity contribution in [1.82, 2.24) is 19.5 Å². The molecule has 0 amide bonds. The standard InChI is InChI=1S/C21H14F2N6O2/c22-12-7-14-17(4-5-31-18(14)15(23)8-12)29-19-16(27-21(29)30)10-25-20(28-19)26-13-3-1-2-11(6-13)9-24/h1-3,6-8,10,17H,4-5H2,(H,27,30)(H,25,26,28). The lowest BCUT2D eigenvalue weighted by molar-refractivity contribution is 0.242. The SMILES string of the molecule is N#Cc1cccc(Nc2ncc3[nH]c(=O)n(C4CCOc5c(F)cc(F)cc54)c3n2)c1. The van der Waals surface area contributed by atoms with Gasteiger partial charge in [-0.25, -0.2) is 18.6 Å². The van der Waals surface area contributed by atoms with Crippen LogP contribution >= 0.6 is 0 Å². The topological polar surface area (TPSA) is 109 Å². The third kappa shape index (κ3) is 3.26. The van der Waals surface area contributed by atoms with E-state index in [2.05, 4.69) is 26.3 Å². The molecule has 1 unspecified atom stereocenters. The van der Waals surface area contributed by atoms with E-state index in [9.17, 15) is 13.6 Å². The van der Waals surface area contributed by atoms with E-state index in [1.54, 1.807) is 24.3 Å². The van der Waals surface area contributed by atoms with Gasteiger partial charge < -0.3 is 15.0 Å². The fourth-order valence-electron chi connectivity index (χ4n) is 3.74. The summed E-state index contributed by atoms with van der Waals surface area (Å²) in [6.07, 6.45) is 1.78. The zero-order chi connectivity index (χ0) is 21.5. The third-order valence-corrected chi connectivity index (χ3v) is 5.05. The predicted octanol–water partition coefficient (Wildman–Crippen LogP) is 3.38. The summed E-state index contributed by atoms with van der Waals surface area (Å²) in [6.45, 7) is 0.163. The molecule has 0 saturated carbocycles. The van der Waals surface area contributed by atoms with E-state index < -0.39 is 23.4 Å². The lowest BCUT2D eigenvalue weighted by atomic mass is 10.00. The number of benzene rings is 2. The van der Waals surface area contributed by atoms with Crippen LogP contribution in [-0.4, -0.2) is 26.1 Å². The van der Waals surface area contributed by atoms with Crippen molar-refractivity contribution in [2.75, 3.05) is 11.9 Å². The Morgan fingerprint density at radius 3 is 3.00 bits per heavy atom. The summed E-state index contributed by atoms with van der Waals surface area (Å²) in [5, 5.41) is 12.1. The van der Waals surface area contributed by atoms with Crippen LogP contribution in [0.5, 0.6) is 5.75 Å². The Morgan fingerprint density at radius 2 is 2.16 bits per heavy atom. The van der Waals surface area contributed by atoms with Gasteiger partial charge in [-0.1, -0.05) is 6.07 Å². The maximum Gasteiger partial charge on any atom is 0.328 e. The Morgan fingerprint density at radius 1 is 1.29 bits per heavy atom. The van der Waals surface area contributed by atoms with Crippen LogP contribution < -0.4 is 15.7 Å². The molecule has 1 aliphatic rings. The number of fused-ring (bicyclic) bond motifs is 2. The van der Waals surface area contributed by atoms with Gasteiger partial charge in [0.2, 0.25) is 5.95 Å². The number of nitriles is 1. The van der Waals surface area contributed by atoms with Gasteiger partial charge >= 0.3 is 5.69 Å². The second-order valence-corrected chi connectivity index (χ2v) is 7.01. The highest BCUT2D eigenvalue weighted by Crippen LogP contribution is 2.37. The number of H-pyrrole nitrogens is 1. The molecule has 1 atom stereocenters. The molecule has 0 saturated heterocycles. The second kappa shape index (κ2) is 7.21. The van der Waals surface area contributed by atoms with Crippen LogP contribution in [0, 0.1) is 23.0 Å². The van der Waals surface area contributed by atoms with E-state index in [0.717, 1.165) is 6.07 Å². The minimum atomic E-state index is -0.818. The smallest absolute Gasteiger partial charge is 0.328 e. The number of halogens is 2. The van der Waals surface area contributed by atoms with Crippen LogP contribution in [0.1, 0.15) is 23.6 Å². The fourth-order valence-corrected chi connectivity index (χ4v) is 3.74. The van der Waals surface area contributed by atoms with Crippen LogP contribution in [0.4, 0.5) is 20.4 Å². The number of nitrogens with one attached hydrogen (secondary N) is 2. The number of anilines is 2. The third-order valence-electron chi connectivity index (χ3n) is 5.05. The van der Waals surface area contributed by atoms with Crippen molar-refractivity contribution >= 4 is 22.8 Å². The van der Waals surface area contributed by atoms with Crippen LogP contribution in [-0.2, 0) is 0 Å². The number of rotatable bonds is 3. The van der Waals surface area contributed by atoms with Gasteiger partial charge in [0.05, 0.1) is 30.5 Å². The lowest BCUT2D eigenvalue weighted by Crippen LogP contribution is -2.28. The van der Waals surface area contributed by atoms with Crippen molar-refractivity contribution in [1.29, 1.82) is 5.26 Å². The first kappa shape index (κ1) is 18.7. The van der Waals surface area contributed by atoms with Gasteiger partial charge in [-0.2, -0.15) is 10.2 Å². The largest absolute Gasteiger partial charge is 0.490 e. The predicted molar refractivity (Wildman–Crippen MR) is 107 cm³/mol. The molecule has 0 radical (unpaired) electrons. The van der Waals surface area contributed by atoms with Crippen molar-refractivity contribution in [3.8, 4) is 11.8 Å². The molecule has 10 heteroatoms. The molecule has 8 nitrogen and oxygen atoms in total. The average molecular weight is 420 g/mol. The van der Waals surface area contributed by atoms with Gasteiger partial charge in [0.15, 0.2) is 17.2 Å². The molecule has 0 bridgehead atoms. The summed E-state index contributed by atoms with van der Waals surface area (Å²) < 4.78 is 34.8. The first-order valence-corrected chi connectivity index (χ1v) is 9.39. The fraction of sp³-hybridized carbons (Fsp3) is 0.143. The van der Waals surface area contributed by atoms with E-state index in [4.69, 9.17) is 10.00 Å². The molecule has 0 aliphatic carbocycles. The molecular formula is C21H14F2N6O2. The normalized spacial score (nSPS) is 15.2. The van der Waals surface area contributed by atoms with E-state index in [0.29, 0.717) is 23.2 Å². The van der Waals surface area contributed by atoms with E-state index in [1.165, 1.54) is 16.8 Å². The number of aromatic nitrogens is 4. The first-order valence-electron chi connectivity index (χ1n) is 9.39. The molecule has 2 aromatic heterocycles. The summed E-state index contributed by atoms with van der Waals surface area (Å²) >= 11 is 0. The van der Waals surface area contributed by atoms with Gasteiger partial charge in [-0.3, -0.25) is 4.57 Å². The van der Waals surface area contributed by atoms with Crippen molar-refractivity contribution in [2.45, 2.75) is 12.5 Å².